The molecule has 0 unspecified atom stereocenters. The highest BCUT2D eigenvalue weighted by atomic mass is 15.1. The summed E-state index contributed by atoms with van der Waals surface area (Å²) in [6, 6.07) is 1.90. The molecule has 0 radical (unpaired) electrons. The lowest BCUT2D eigenvalue weighted by molar-refractivity contribution is 0.620. The first kappa shape index (κ1) is 12.3. The number of nitrogens with zero attached hydrogens (tertiary/aromatic N) is 4. The fourth-order valence-corrected chi connectivity index (χ4v) is 1.74. The Balaban J connectivity index is 1.68. The van der Waals surface area contributed by atoms with Crippen LogP contribution in [0.5, 0.6) is 0 Å². The third-order valence-electron chi connectivity index (χ3n) is 2.58. The first-order valence-electron chi connectivity index (χ1n) is 6.05. The van der Waals surface area contributed by atoms with E-state index in [9.17, 15) is 0 Å². The zero-order valence-electron chi connectivity index (χ0n) is 10.5. The van der Waals surface area contributed by atoms with Crippen LogP contribution in [0.2, 0.25) is 0 Å². The Kier molecular flexibility index (Phi) is 4.11. The summed E-state index contributed by atoms with van der Waals surface area (Å²) >= 11 is 0. The molecule has 6 nitrogen and oxygen atoms in total. The molecule has 0 aromatic carbocycles. The minimum Gasteiger partial charge on any atom is -0.370 e. The highest BCUT2D eigenvalue weighted by Crippen LogP contribution is 2.07. The van der Waals surface area contributed by atoms with Gasteiger partial charge in [0, 0.05) is 37.2 Å². The summed E-state index contributed by atoms with van der Waals surface area (Å²) < 4.78 is 2.08. The van der Waals surface area contributed by atoms with Crippen LogP contribution in [0.3, 0.4) is 0 Å². The highest BCUT2D eigenvalue weighted by Gasteiger charge is 1.98. The molecular formula is C12H18N6. The second kappa shape index (κ2) is 6.00. The summed E-state index contributed by atoms with van der Waals surface area (Å²) in [4.78, 5) is 12.2. The van der Waals surface area contributed by atoms with Gasteiger partial charge in [0.05, 0.1) is 6.33 Å². The molecule has 96 valence electrons. The number of nitrogens with two attached hydrogens (primary N) is 1. The van der Waals surface area contributed by atoms with Crippen LogP contribution in [0.1, 0.15) is 18.5 Å². The third-order valence-corrected chi connectivity index (χ3v) is 2.58. The van der Waals surface area contributed by atoms with Crippen LogP contribution >= 0.6 is 0 Å². The van der Waals surface area contributed by atoms with Crippen LogP contribution in [-0.4, -0.2) is 26.1 Å². The first-order chi connectivity index (χ1) is 8.74. The molecule has 0 saturated carbocycles. The fourth-order valence-electron chi connectivity index (χ4n) is 1.74. The molecule has 2 rings (SSSR count). The van der Waals surface area contributed by atoms with E-state index in [-0.39, 0.29) is 0 Å². The summed E-state index contributed by atoms with van der Waals surface area (Å²) in [5.74, 6) is 1.11. The Morgan fingerprint density at radius 2 is 2.22 bits per heavy atom. The topological polar surface area (TPSA) is 81.7 Å². The van der Waals surface area contributed by atoms with Crippen LogP contribution in [-0.2, 0) is 6.54 Å². The molecule has 6 heteroatoms. The van der Waals surface area contributed by atoms with Crippen molar-refractivity contribution in [3.05, 3.63) is 30.5 Å². The van der Waals surface area contributed by atoms with E-state index in [1.807, 2.05) is 25.5 Å². The number of aromatic nitrogens is 4. The van der Waals surface area contributed by atoms with Crippen molar-refractivity contribution in [1.29, 1.82) is 0 Å². The minimum atomic E-state index is 0.316. The van der Waals surface area contributed by atoms with Crippen LogP contribution in [0.25, 0.3) is 0 Å². The molecule has 0 atom stereocenters. The van der Waals surface area contributed by atoms with E-state index in [1.165, 1.54) is 0 Å². The number of aryl methyl sites for hydroxylation is 2. The van der Waals surface area contributed by atoms with E-state index >= 15 is 0 Å². The van der Waals surface area contributed by atoms with Crippen LogP contribution < -0.4 is 11.1 Å². The quantitative estimate of drug-likeness (QED) is 0.754. The Morgan fingerprint density at radius 3 is 2.94 bits per heavy atom. The van der Waals surface area contributed by atoms with Gasteiger partial charge in [-0.15, -0.1) is 0 Å². The number of nitrogens with one attached hydrogen (secondary N) is 1. The van der Waals surface area contributed by atoms with Gasteiger partial charge >= 0.3 is 0 Å². The van der Waals surface area contributed by atoms with E-state index in [0.717, 1.165) is 37.4 Å². The van der Waals surface area contributed by atoms with Crippen molar-refractivity contribution in [3.8, 4) is 0 Å². The molecule has 2 heterocycles. The Bertz CT molecular complexity index is 459. The summed E-state index contributed by atoms with van der Waals surface area (Å²) in [6.45, 7) is 3.78. The van der Waals surface area contributed by atoms with Gasteiger partial charge in [-0.1, -0.05) is 0 Å². The predicted octanol–water partition coefficient (Wildman–Crippen LogP) is 1.46. The molecule has 18 heavy (non-hydrogen) atoms. The number of nitrogen functional groups attached to an aromatic ring is 1. The second-order valence-electron chi connectivity index (χ2n) is 4.19. The van der Waals surface area contributed by atoms with Gasteiger partial charge in [0.1, 0.15) is 5.82 Å². The van der Waals surface area contributed by atoms with Crippen molar-refractivity contribution < 1.29 is 0 Å². The SMILES string of the molecule is Cc1cc(NCCCCn2ccnc2)nc(N)n1. The highest BCUT2D eigenvalue weighted by molar-refractivity contribution is 5.39. The van der Waals surface area contributed by atoms with Crippen molar-refractivity contribution in [2.24, 2.45) is 0 Å². The largest absolute Gasteiger partial charge is 0.370 e. The van der Waals surface area contributed by atoms with Gasteiger partial charge in [-0.25, -0.2) is 9.97 Å². The normalized spacial score (nSPS) is 10.5. The molecule has 3 N–H and O–H groups in total. The van der Waals surface area contributed by atoms with Crippen LogP contribution in [0, 0.1) is 6.92 Å². The molecule has 0 amide bonds. The first-order valence-corrected chi connectivity index (χ1v) is 6.05. The molecule has 0 saturated heterocycles. The summed E-state index contributed by atoms with van der Waals surface area (Å²) in [6.07, 6.45) is 7.78. The van der Waals surface area contributed by atoms with Gasteiger partial charge in [-0.2, -0.15) is 4.98 Å². The lowest BCUT2D eigenvalue weighted by atomic mass is 10.3. The van der Waals surface area contributed by atoms with Crippen molar-refractivity contribution >= 4 is 11.8 Å². The van der Waals surface area contributed by atoms with Crippen molar-refractivity contribution in [1.82, 2.24) is 19.5 Å². The number of hydrogen-bond donors (Lipinski definition) is 2. The molecule has 0 spiro atoms. The predicted molar refractivity (Wildman–Crippen MR) is 71.1 cm³/mol. The van der Waals surface area contributed by atoms with Gasteiger partial charge in [0.15, 0.2) is 0 Å². The lowest BCUT2D eigenvalue weighted by Crippen LogP contribution is -2.07. The van der Waals surface area contributed by atoms with E-state index in [2.05, 4.69) is 24.8 Å². The van der Waals surface area contributed by atoms with E-state index in [1.54, 1.807) is 6.20 Å². The average molecular weight is 246 g/mol. The van der Waals surface area contributed by atoms with Crippen molar-refractivity contribution in [3.63, 3.8) is 0 Å². The van der Waals surface area contributed by atoms with Gasteiger partial charge in [-0.3, -0.25) is 0 Å². The van der Waals surface area contributed by atoms with Gasteiger partial charge in [-0.05, 0) is 19.8 Å². The van der Waals surface area contributed by atoms with Gasteiger partial charge < -0.3 is 15.6 Å². The van der Waals surface area contributed by atoms with E-state index in [4.69, 9.17) is 5.73 Å². The number of unbranched alkanes of at least 4 members (excludes halogenated alkanes) is 1. The Hall–Kier alpha value is -2.11. The van der Waals surface area contributed by atoms with Gasteiger partial charge in [0.25, 0.3) is 0 Å². The number of rotatable bonds is 6. The molecule has 0 aliphatic heterocycles. The maximum absolute atomic E-state index is 5.58. The standard InChI is InChI=1S/C12H18N6/c1-10-8-11(17-12(13)16-10)15-4-2-3-6-18-7-5-14-9-18/h5,7-9H,2-4,6H2,1H3,(H3,13,15,16,17). The smallest absolute Gasteiger partial charge is 0.222 e. The lowest BCUT2D eigenvalue weighted by Gasteiger charge is -2.07. The van der Waals surface area contributed by atoms with Crippen LogP contribution in [0.4, 0.5) is 11.8 Å². The number of anilines is 2. The summed E-state index contributed by atoms with van der Waals surface area (Å²) in [5.41, 5.74) is 6.46. The fraction of sp³-hybridized carbons (Fsp3) is 0.417. The zero-order chi connectivity index (χ0) is 12.8. The molecule has 0 bridgehead atoms. The zero-order valence-corrected chi connectivity index (χ0v) is 10.5. The number of hydrogen-bond acceptors (Lipinski definition) is 5. The molecule has 0 aliphatic rings. The molecule has 0 fully saturated rings. The monoisotopic (exact) mass is 246 g/mol. The maximum Gasteiger partial charge on any atom is 0.222 e. The summed E-state index contributed by atoms with van der Waals surface area (Å²) in [5, 5.41) is 3.25. The Morgan fingerprint density at radius 1 is 1.33 bits per heavy atom. The number of imidazole rings is 1. The molecule has 0 aliphatic carbocycles. The molecular weight excluding hydrogens is 228 g/mol. The molecule has 2 aromatic heterocycles. The van der Waals surface area contributed by atoms with Crippen molar-refractivity contribution in [2.45, 2.75) is 26.3 Å². The van der Waals surface area contributed by atoms with Gasteiger partial charge in [0.2, 0.25) is 5.95 Å². The molecule has 2 aromatic rings. The average Bonchev–Trinajstić information content (AvgIpc) is 2.80. The minimum absolute atomic E-state index is 0.316. The second-order valence-corrected chi connectivity index (χ2v) is 4.19. The maximum atomic E-state index is 5.58. The third kappa shape index (κ3) is 3.73. The summed E-state index contributed by atoms with van der Waals surface area (Å²) in [7, 11) is 0. The van der Waals surface area contributed by atoms with E-state index < -0.39 is 0 Å². The Labute approximate surface area is 106 Å². The van der Waals surface area contributed by atoms with Crippen LogP contribution in [0.15, 0.2) is 24.8 Å². The van der Waals surface area contributed by atoms with E-state index in [0.29, 0.717) is 5.95 Å². The van der Waals surface area contributed by atoms with Crippen molar-refractivity contribution in [2.75, 3.05) is 17.6 Å².